The van der Waals surface area contributed by atoms with E-state index in [9.17, 15) is 0 Å². The predicted octanol–water partition coefficient (Wildman–Crippen LogP) is 3.60. The van der Waals surface area contributed by atoms with Gasteiger partial charge in [0.25, 0.3) is 0 Å². The van der Waals surface area contributed by atoms with Gasteiger partial charge in [-0.05, 0) is 0 Å². The molecule has 2 nitrogen and oxygen atoms in total. The summed E-state index contributed by atoms with van der Waals surface area (Å²) in [6.07, 6.45) is 0. The zero-order valence-corrected chi connectivity index (χ0v) is 14.6. The molecule has 112 valence electrons. The first-order valence-corrected chi connectivity index (χ1v) is 8.98. The van der Waals surface area contributed by atoms with Crippen LogP contribution in [0.25, 0.3) is 0 Å². The molecule has 3 heteroatoms. The Morgan fingerprint density at radius 2 is 1.05 bits per heavy atom. The first kappa shape index (κ1) is 16.0. The van der Waals surface area contributed by atoms with Crippen LogP contribution >= 0.6 is 0 Å². The van der Waals surface area contributed by atoms with E-state index in [2.05, 4.69) is 86.5 Å². The Labute approximate surface area is 135 Å². The molecular formula is C18H24CrN2. The standard InChI is InChI=1S/2C9H12N.Cr/c2*1-8-6-4-5-7-9(8)10(2)3;/h2*4-7H,1H2,2-3H3;. The molecule has 0 aromatic heterocycles. The van der Waals surface area contributed by atoms with Gasteiger partial charge in [0.1, 0.15) is 0 Å². The molecule has 0 radical (unpaired) electrons. The number of hydrogen-bond donors (Lipinski definition) is 0. The third-order valence-electron chi connectivity index (χ3n) is 3.46. The number of hydrogen-bond acceptors (Lipinski definition) is 2. The average molecular weight is 320 g/mol. The molecule has 0 aliphatic rings. The van der Waals surface area contributed by atoms with Crippen LogP contribution in [0.5, 0.6) is 0 Å². The van der Waals surface area contributed by atoms with Crippen LogP contribution < -0.4 is 9.80 Å². The molecule has 0 fully saturated rings. The summed E-state index contributed by atoms with van der Waals surface area (Å²) in [4.78, 5) is 4.42. The molecule has 0 saturated carbocycles. The van der Waals surface area contributed by atoms with Crippen LogP contribution in [0.15, 0.2) is 48.5 Å². The molecule has 0 aliphatic carbocycles. The van der Waals surface area contributed by atoms with Crippen molar-refractivity contribution >= 4 is 11.4 Å². The van der Waals surface area contributed by atoms with E-state index in [0.29, 0.717) is 15.2 Å². The Kier molecular flexibility index (Phi) is 5.73. The quantitative estimate of drug-likeness (QED) is 0.802. The molecule has 0 unspecified atom stereocenters. The summed E-state index contributed by atoms with van der Waals surface area (Å²) in [5.74, 6) is 0. The Hall–Kier alpha value is -1.43. The molecule has 2 aromatic carbocycles. The fraction of sp³-hybridized carbons (Fsp3) is 0.333. The molecule has 2 rings (SSSR count). The van der Waals surface area contributed by atoms with Gasteiger partial charge >= 0.3 is 135 Å². The molecule has 0 atom stereocenters. The van der Waals surface area contributed by atoms with Gasteiger partial charge in [-0.25, -0.2) is 0 Å². The summed E-state index contributed by atoms with van der Waals surface area (Å²) in [6.45, 7) is 0. The third-order valence-corrected chi connectivity index (χ3v) is 5.07. The van der Waals surface area contributed by atoms with E-state index in [1.54, 1.807) is 0 Å². The van der Waals surface area contributed by atoms with Crippen molar-refractivity contribution in [2.45, 2.75) is 10.6 Å². The van der Waals surface area contributed by atoms with Crippen molar-refractivity contribution in [3.05, 3.63) is 59.7 Å². The normalized spacial score (nSPS) is 10.5. The summed E-state index contributed by atoms with van der Waals surface area (Å²) < 4.78 is 0. The topological polar surface area (TPSA) is 6.48 Å². The molecule has 0 bridgehead atoms. The second-order valence-corrected chi connectivity index (χ2v) is 7.08. The second kappa shape index (κ2) is 7.54. The van der Waals surface area contributed by atoms with E-state index in [-0.39, 0.29) is 0 Å². The maximum atomic E-state index is 2.26. The van der Waals surface area contributed by atoms with Gasteiger partial charge in [-0.1, -0.05) is 0 Å². The van der Waals surface area contributed by atoms with Gasteiger partial charge in [0.15, 0.2) is 0 Å². The van der Waals surface area contributed by atoms with Crippen LogP contribution in [0.1, 0.15) is 11.1 Å². The van der Waals surface area contributed by atoms with Crippen molar-refractivity contribution in [2.75, 3.05) is 38.0 Å². The predicted molar refractivity (Wildman–Crippen MR) is 88.9 cm³/mol. The summed E-state index contributed by atoms with van der Waals surface area (Å²) in [5.41, 5.74) is 5.62. The number of rotatable bonds is 6. The fourth-order valence-corrected chi connectivity index (χ4v) is 4.02. The van der Waals surface area contributed by atoms with Gasteiger partial charge in [0.05, 0.1) is 0 Å². The average Bonchev–Trinajstić information content (AvgIpc) is 2.48. The van der Waals surface area contributed by atoms with E-state index in [4.69, 9.17) is 0 Å². The number of nitrogens with zero attached hydrogens (tertiary/aromatic N) is 2. The van der Waals surface area contributed by atoms with Crippen molar-refractivity contribution in [3.8, 4) is 0 Å². The van der Waals surface area contributed by atoms with Crippen LogP contribution in [0.4, 0.5) is 11.4 Å². The van der Waals surface area contributed by atoms with Crippen molar-refractivity contribution in [1.29, 1.82) is 0 Å². The van der Waals surface area contributed by atoms with Crippen molar-refractivity contribution in [1.82, 2.24) is 0 Å². The van der Waals surface area contributed by atoms with Gasteiger partial charge in [0.2, 0.25) is 0 Å². The van der Waals surface area contributed by atoms with E-state index in [0.717, 1.165) is 0 Å². The molecule has 0 amide bonds. The van der Waals surface area contributed by atoms with Gasteiger partial charge in [-0.15, -0.1) is 0 Å². The van der Waals surface area contributed by atoms with Gasteiger partial charge in [-0.2, -0.15) is 0 Å². The first-order valence-electron chi connectivity index (χ1n) is 7.18. The molecule has 0 N–H and O–H groups in total. The zero-order valence-electron chi connectivity index (χ0n) is 13.3. The van der Waals surface area contributed by atoms with E-state index in [1.807, 2.05) is 0 Å². The Morgan fingerprint density at radius 1 is 0.667 bits per heavy atom. The number of para-hydroxylation sites is 2. The zero-order chi connectivity index (χ0) is 15.2. The molecule has 0 heterocycles. The van der Waals surface area contributed by atoms with E-state index in [1.165, 1.54) is 33.1 Å². The molecule has 2 aromatic rings. The van der Waals surface area contributed by atoms with E-state index < -0.39 is 0 Å². The van der Waals surface area contributed by atoms with Gasteiger partial charge in [0, 0.05) is 0 Å². The van der Waals surface area contributed by atoms with E-state index >= 15 is 0 Å². The first-order chi connectivity index (χ1) is 10.1. The Balaban J connectivity index is 2.03. The summed E-state index contributed by atoms with van der Waals surface area (Å²) in [6, 6.07) is 17.5. The van der Waals surface area contributed by atoms with Crippen molar-refractivity contribution in [3.63, 3.8) is 0 Å². The summed E-state index contributed by atoms with van der Waals surface area (Å²) >= 11 is 0.582. The van der Waals surface area contributed by atoms with Crippen LogP contribution in [0.2, 0.25) is 0 Å². The van der Waals surface area contributed by atoms with Crippen molar-refractivity contribution < 1.29 is 15.2 Å². The van der Waals surface area contributed by atoms with Crippen LogP contribution in [-0.2, 0) is 25.8 Å². The van der Waals surface area contributed by atoms with Gasteiger partial charge in [-0.3, -0.25) is 0 Å². The monoisotopic (exact) mass is 320 g/mol. The molecule has 0 spiro atoms. The minimum atomic E-state index is 0.582. The number of benzene rings is 2. The number of anilines is 2. The van der Waals surface area contributed by atoms with Crippen LogP contribution in [-0.4, -0.2) is 28.2 Å². The molecule has 21 heavy (non-hydrogen) atoms. The van der Waals surface area contributed by atoms with Crippen molar-refractivity contribution in [2.24, 2.45) is 0 Å². The molecular weight excluding hydrogens is 296 g/mol. The third kappa shape index (κ3) is 4.27. The fourth-order valence-electron chi connectivity index (χ4n) is 2.41. The molecule has 0 saturated heterocycles. The SMILES string of the molecule is CN(C)c1ccccc1[CH2][Cr][CH2]c1ccccc1N(C)C. The summed E-state index contributed by atoms with van der Waals surface area (Å²) in [5, 5.41) is 2.37. The van der Waals surface area contributed by atoms with Gasteiger partial charge < -0.3 is 0 Å². The maximum absolute atomic E-state index is 2.26. The second-order valence-electron chi connectivity index (χ2n) is 5.54. The minimum absolute atomic E-state index is 0.582. The molecule has 0 aliphatic heterocycles. The Bertz CT molecular complexity index is 527. The van der Waals surface area contributed by atoms with Crippen LogP contribution in [0, 0.1) is 0 Å². The Morgan fingerprint density at radius 3 is 1.43 bits per heavy atom. The summed E-state index contributed by atoms with van der Waals surface area (Å²) in [7, 11) is 8.47. The van der Waals surface area contributed by atoms with Crippen LogP contribution in [0.3, 0.4) is 0 Å².